The van der Waals surface area contributed by atoms with Gasteiger partial charge in [-0.15, -0.1) is 0 Å². The Hall–Kier alpha value is -2.58. The number of hydrogen-bond acceptors (Lipinski definition) is 4. The van der Waals surface area contributed by atoms with Crippen molar-refractivity contribution in [3.8, 4) is 5.75 Å². The molecular weight excluding hydrogens is 515 g/mol. The van der Waals surface area contributed by atoms with E-state index in [1.807, 2.05) is 0 Å². The highest BCUT2D eigenvalue weighted by Gasteiger charge is 2.30. The van der Waals surface area contributed by atoms with Gasteiger partial charge in [-0.2, -0.15) is 13.2 Å². The lowest BCUT2D eigenvalue weighted by Gasteiger charge is -2.35. The second-order valence-electron chi connectivity index (χ2n) is 11.3. The Labute approximate surface area is 237 Å². The SMILES string of the molecule is Cc1c(CCN2CCN(C(=O)c3ccc(C(F)(F)F)cc3)CC2)ccc(OCCCNCC2CCCCC2)c1C. The molecule has 1 saturated carbocycles. The molecule has 2 fully saturated rings. The molecule has 4 rings (SSSR count). The smallest absolute Gasteiger partial charge is 0.416 e. The van der Waals surface area contributed by atoms with Gasteiger partial charge in [0.1, 0.15) is 5.75 Å². The van der Waals surface area contributed by atoms with Crippen LogP contribution >= 0.6 is 0 Å². The predicted molar refractivity (Wildman–Crippen MR) is 153 cm³/mol. The van der Waals surface area contributed by atoms with Crippen LogP contribution in [0.15, 0.2) is 36.4 Å². The standard InChI is InChI=1S/C32H44F3N3O2/c1-24-25(2)30(40-22-6-16-36-23-26-7-4-3-5-8-26)14-11-27(24)15-17-37-18-20-38(21-19-37)31(39)28-9-12-29(13-10-28)32(33,34)35/h9-14,26,36H,3-8,15-23H2,1-2H3. The largest absolute Gasteiger partial charge is 0.493 e. The van der Waals surface area contributed by atoms with Crippen LogP contribution in [0.4, 0.5) is 13.2 Å². The van der Waals surface area contributed by atoms with Gasteiger partial charge >= 0.3 is 6.18 Å². The van der Waals surface area contributed by atoms with Gasteiger partial charge in [0.25, 0.3) is 5.91 Å². The molecule has 1 aliphatic carbocycles. The minimum absolute atomic E-state index is 0.213. The molecule has 5 nitrogen and oxygen atoms in total. The summed E-state index contributed by atoms with van der Waals surface area (Å²) in [6, 6.07) is 8.74. The van der Waals surface area contributed by atoms with Gasteiger partial charge in [0.05, 0.1) is 12.2 Å². The first kappa shape index (κ1) is 30.4. The molecule has 8 heteroatoms. The first-order chi connectivity index (χ1) is 19.2. The summed E-state index contributed by atoms with van der Waals surface area (Å²) in [4.78, 5) is 16.8. The zero-order valence-electron chi connectivity index (χ0n) is 24.0. The Balaban J connectivity index is 1.16. The number of hydrogen-bond donors (Lipinski definition) is 1. The molecule has 1 amide bonds. The number of piperazine rings is 1. The number of rotatable bonds is 11. The van der Waals surface area contributed by atoms with Crippen molar-refractivity contribution in [1.29, 1.82) is 0 Å². The van der Waals surface area contributed by atoms with E-state index in [9.17, 15) is 18.0 Å². The molecule has 2 aliphatic rings. The van der Waals surface area contributed by atoms with Gasteiger partial charge in [-0.25, -0.2) is 0 Å². The topological polar surface area (TPSA) is 44.8 Å². The molecule has 1 N–H and O–H groups in total. The first-order valence-corrected chi connectivity index (χ1v) is 14.8. The van der Waals surface area contributed by atoms with Gasteiger partial charge in [0.2, 0.25) is 0 Å². The fourth-order valence-electron chi connectivity index (χ4n) is 5.79. The van der Waals surface area contributed by atoms with E-state index in [4.69, 9.17) is 4.74 Å². The third kappa shape index (κ3) is 8.46. The molecule has 0 unspecified atom stereocenters. The van der Waals surface area contributed by atoms with Crippen LogP contribution in [0, 0.1) is 19.8 Å². The van der Waals surface area contributed by atoms with Crippen molar-refractivity contribution in [2.24, 2.45) is 5.92 Å². The van der Waals surface area contributed by atoms with E-state index in [-0.39, 0.29) is 5.91 Å². The van der Waals surface area contributed by atoms with Crippen molar-refractivity contribution < 1.29 is 22.7 Å². The maximum atomic E-state index is 12.8. The monoisotopic (exact) mass is 559 g/mol. The number of halogens is 3. The average Bonchev–Trinajstić information content (AvgIpc) is 2.96. The third-order valence-corrected chi connectivity index (χ3v) is 8.58. The first-order valence-electron chi connectivity index (χ1n) is 14.8. The van der Waals surface area contributed by atoms with Gasteiger partial charge < -0.3 is 15.0 Å². The average molecular weight is 560 g/mol. The quantitative estimate of drug-likeness (QED) is 0.330. The van der Waals surface area contributed by atoms with Gasteiger partial charge in [-0.1, -0.05) is 25.3 Å². The summed E-state index contributed by atoms with van der Waals surface area (Å²) in [5.41, 5.74) is 3.33. The summed E-state index contributed by atoms with van der Waals surface area (Å²) in [6.07, 6.45) is 4.44. The summed E-state index contributed by atoms with van der Waals surface area (Å²) >= 11 is 0. The van der Waals surface area contributed by atoms with Crippen LogP contribution in [0.5, 0.6) is 5.75 Å². The van der Waals surface area contributed by atoms with Crippen molar-refractivity contribution in [1.82, 2.24) is 15.1 Å². The zero-order chi connectivity index (χ0) is 28.5. The minimum Gasteiger partial charge on any atom is -0.493 e. The Bertz CT molecular complexity index is 1090. The molecule has 2 aromatic carbocycles. The van der Waals surface area contributed by atoms with Gasteiger partial charge in [0, 0.05) is 38.3 Å². The summed E-state index contributed by atoms with van der Waals surface area (Å²) in [7, 11) is 0. The van der Waals surface area contributed by atoms with Crippen molar-refractivity contribution >= 4 is 5.91 Å². The Morgan fingerprint density at radius 2 is 1.65 bits per heavy atom. The van der Waals surface area contributed by atoms with Crippen LogP contribution in [-0.2, 0) is 12.6 Å². The van der Waals surface area contributed by atoms with Crippen LogP contribution < -0.4 is 10.1 Å². The summed E-state index contributed by atoms with van der Waals surface area (Å²) in [6.45, 7) is 10.7. The fraction of sp³-hybridized carbons (Fsp3) is 0.594. The maximum Gasteiger partial charge on any atom is 0.416 e. The molecular formula is C32H44F3N3O2. The second kappa shape index (κ2) is 14.4. The minimum atomic E-state index is -4.40. The molecule has 1 heterocycles. The van der Waals surface area contributed by atoms with Crippen molar-refractivity contribution in [2.45, 2.75) is 65.0 Å². The number of nitrogens with one attached hydrogen (secondary N) is 1. The molecule has 0 atom stereocenters. The van der Waals surface area contributed by atoms with Gasteiger partial charge in [-0.05, 0) is 106 Å². The van der Waals surface area contributed by atoms with E-state index in [2.05, 4.69) is 36.2 Å². The fourth-order valence-corrected chi connectivity index (χ4v) is 5.79. The number of carbonyl (C=O) groups is 1. The van der Waals surface area contributed by atoms with Gasteiger partial charge in [0.15, 0.2) is 0 Å². The summed E-state index contributed by atoms with van der Waals surface area (Å²) in [5.74, 6) is 1.60. The maximum absolute atomic E-state index is 12.8. The number of benzene rings is 2. The van der Waals surface area contributed by atoms with Gasteiger partial charge in [-0.3, -0.25) is 9.69 Å². The van der Waals surface area contributed by atoms with Crippen molar-refractivity contribution in [3.63, 3.8) is 0 Å². The molecule has 1 aliphatic heterocycles. The molecule has 40 heavy (non-hydrogen) atoms. The van der Waals surface area contributed by atoms with E-state index in [0.717, 1.165) is 69.4 Å². The highest BCUT2D eigenvalue weighted by Crippen LogP contribution is 2.29. The van der Waals surface area contributed by atoms with E-state index in [1.54, 1.807) is 4.90 Å². The Morgan fingerprint density at radius 1 is 0.950 bits per heavy atom. The van der Waals surface area contributed by atoms with Crippen LogP contribution in [0.3, 0.4) is 0 Å². The lowest BCUT2D eigenvalue weighted by molar-refractivity contribution is -0.137. The molecule has 0 spiro atoms. The number of nitrogens with zero attached hydrogens (tertiary/aromatic N) is 2. The summed E-state index contributed by atoms with van der Waals surface area (Å²) in [5, 5.41) is 3.60. The van der Waals surface area contributed by atoms with E-state index in [1.165, 1.54) is 60.9 Å². The number of amides is 1. The van der Waals surface area contributed by atoms with Crippen LogP contribution in [0.2, 0.25) is 0 Å². The van der Waals surface area contributed by atoms with E-state index < -0.39 is 11.7 Å². The van der Waals surface area contributed by atoms with Crippen LogP contribution in [0.1, 0.15) is 71.1 Å². The molecule has 0 radical (unpaired) electrons. The zero-order valence-corrected chi connectivity index (χ0v) is 24.0. The van der Waals surface area contributed by atoms with E-state index in [0.29, 0.717) is 25.3 Å². The third-order valence-electron chi connectivity index (χ3n) is 8.58. The predicted octanol–water partition coefficient (Wildman–Crippen LogP) is 6.26. The molecule has 1 saturated heterocycles. The number of ether oxygens (including phenoxy) is 1. The Morgan fingerprint density at radius 3 is 2.33 bits per heavy atom. The van der Waals surface area contributed by atoms with E-state index >= 15 is 0 Å². The second-order valence-corrected chi connectivity index (χ2v) is 11.3. The molecule has 0 bridgehead atoms. The number of alkyl halides is 3. The molecule has 2 aromatic rings. The highest BCUT2D eigenvalue weighted by molar-refractivity contribution is 5.94. The van der Waals surface area contributed by atoms with Crippen molar-refractivity contribution in [3.05, 3.63) is 64.2 Å². The van der Waals surface area contributed by atoms with Crippen molar-refractivity contribution in [2.75, 3.05) is 52.4 Å². The highest BCUT2D eigenvalue weighted by atomic mass is 19.4. The molecule has 220 valence electrons. The summed E-state index contributed by atoms with van der Waals surface area (Å²) < 4.78 is 44.5. The Kier molecular flexibility index (Phi) is 10.9. The number of carbonyl (C=O) groups excluding carboxylic acids is 1. The molecule has 0 aromatic heterocycles. The van der Waals surface area contributed by atoms with Crippen LogP contribution in [-0.4, -0.2) is 68.1 Å². The lowest BCUT2D eigenvalue weighted by atomic mass is 9.89. The van der Waals surface area contributed by atoms with Crippen LogP contribution in [0.25, 0.3) is 0 Å². The normalized spacial score (nSPS) is 17.3. The lowest BCUT2D eigenvalue weighted by Crippen LogP contribution is -2.49.